The quantitative estimate of drug-likeness (QED) is 0.765. The molecule has 0 saturated carbocycles. The standard InChI is InChI=1S/C11H12N2OS/c1-8-4-5-13(11(8)14)7-10-3-2-9(6-12)15-10/h2-3,8H,4-5,7H2,1H3/t8-/m0/s1. The summed E-state index contributed by atoms with van der Waals surface area (Å²) in [6.45, 7) is 3.48. The van der Waals surface area contributed by atoms with Crippen molar-refractivity contribution in [3.63, 3.8) is 0 Å². The highest BCUT2D eigenvalue weighted by Crippen LogP contribution is 2.23. The number of thiophene rings is 1. The van der Waals surface area contributed by atoms with E-state index in [0.717, 1.165) is 17.8 Å². The van der Waals surface area contributed by atoms with Crippen LogP contribution in [0.3, 0.4) is 0 Å². The Labute approximate surface area is 92.9 Å². The predicted molar refractivity (Wildman–Crippen MR) is 58.2 cm³/mol. The molecule has 4 heteroatoms. The van der Waals surface area contributed by atoms with Gasteiger partial charge in [0.25, 0.3) is 0 Å². The normalized spacial score (nSPS) is 20.7. The Balaban J connectivity index is 2.04. The summed E-state index contributed by atoms with van der Waals surface area (Å²) >= 11 is 1.47. The molecule has 3 nitrogen and oxygen atoms in total. The average molecular weight is 220 g/mol. The number of carbonyl (C=O) groups excluding carboxylic acids is 1. The van der Waals surface area contributed by atoms with Crippen LogP contribution in [0.1, 0.15) is 23.1 Å². The number of hydrogen-bond acceptors (Lipinski definition) is 3. The number of nitriles is 1. The molecule has 78 valence electrons. The summed E-state index contributed by atoms with van der Waals surface area (Å²) in [6.07, 6.45) is 0.954. The van der Waals surface area contributed by atoms with Crippen molar-refractivity contribution in [1.29, 1.82) is 5.26 Å². The first-order valence-corrected chi connectivity index (χ1v) is 5.80. The molecule has 1 aromatic rings. The molecule has 1 fully saturated rings. The van der Waals surface area contributed by atoms with Gasteiger partial charge in [-0.05, 0) is 18.6 Å². The number of nitrogens with zero attached hydrogens (tertiary/aromatic N) is 2. The zero-order valence-corrected chi connectivity index (χ0v) is 9.38. The van der Waals surface area contributed by atoms with E-state index in [-0.39, 0.29) is 11.8 Å². The Morgan fingerprint density at radius 1 is 1.67 bits per heavy atom. The van der Waals surface area contributed by atoms with Crippen molar-refractivity contribution >= 4 is 17.2 Å². The monoisotopic (exact) mass is 220 g/mol. The second kappa shape index (κ2) is 4.03. The number of rotatable bonds is 2. The van der Waals surface area contributed by atoms with Crippen LogP contribution in [0.2, 0.25) is 0 Å². The Morgan fingerprint density at radius 3 is 3.00 bits per heavy atom. The molecule has 1 aliphatic rings. The molecule has 15 heavy (non-hydrogen) atoms. The van der Waals surface area contributed by atoms with Crippen LogP contribution < -0.4 is 0 Å². The molecule has 0 aromatic carbocycles. The predicted octanol–water partition coefficient (Wildman–Crippen LogP) is 1.99. The lowest BCUT2D eigenvalue weighted by Crippen LogP contribution is -2.25. The molecule has 1 atom stereocenters. The summed E-state index contributed by atoms with van der Waals surface area (Å²) in [6, 6.07) is 5.85. The van der Waals surface area contributed by atoms with E-state index in [1.54, 1.807) is 0 Å². The molecule has 0 aliphatic carbocycles. The van der Waals surface area contributed by atoms with Gasteiger partial charge < -0.3 is 4.90 Å². The fraction of sp³-hybridized carbons (Fsp3) is 0.455. The second-order valence-electron chi connectivity index (χ2n) is 3.83. The van der Waals surface area contributed by atoms with E-state index in [9.17, 15) is 4.79 Å². The lowest BCUT2D eigenvalue weighted by Gasteiger charge is -2.14. The first-order valence-electron chi connectivity index (χ1n) is 4.98. The van der Waals surface area contributed by atoms with E-state index in [1.165, 1.54) is 11.3 Å². The third-order valence-corrected chi connectivity index (χ3v) is 3.66. The Kier molecular flexibility index (Phi) is 2.74. The first kappa shape index (κ1) is 10.2. The van der Waals surface area contributed by atoms with Crippen LogP contribution in [-0.2, 0) is 11.3 Å². The van der Waals surface area contributed by atoms with Gasteiger partial charge in [0.15, 0.2) is 0 Å². The molecule has 1 aromatic heterocycles. The van der Waals surface area contributed by atoms with E-state index in [0.29, 0.717) is 11.4 Å². The maximum Gasteiger partial charge on any atom is 0.225 e. The fourth-order valence-electron chi connectivity index (χ4n) is 1.76. The smallest absolute Gasteiger partial charge is 0.225 e. The van der Waals surface area contributed by atoms with Gasteiger partial charge in [-0.3, -0.25) is 4.79 Å². The lowest BCUT2D eigenvalue weighted by molar-refractivity contribution is -0.130. The molecule has 1 saturated heterocycles. The molecule has 0 spiro atoms. The van der Waals surface area contributed by atoms with Crippen LogP contribution in [0.15, 0.2) is 12.1 Å². The zero-order valence-electron chi connectivity index (χ0n) is 8.56. The number of carbonyl (C=O) groups is 1. The van der Waals surface area contributed by atoms with Crippen molar-refractivity contribution in [2.45, 2.75) is 19.9 Å². The number of amides is 1. The summed E-state index contributed by atoms with van der Waals surface area (Å²) in [7, 11) is 0. The second-order valence-corrected chi connectivity index (χ2v) is 5.00. The van der Waals surface area contributed by atoms with Gasteiger partial charge in [-0.15, -0.1) is 11.3 Å². The summed E-state index contributed by atoms with van der Waals surface area (Å²) in [5.74, 6) is 0.405. The Bertz CT molecular complexity index is 418. The maximum atomic E-state index is 11.7. The molecule has 0 unspecified atom stereocenters. The Morgan fingerprint density at radius 2 is 2.47 bits per heavy atom. The molecule has 0 radical (unpaired) electrons. The zero-order chi connectivity index (χ0) is 10.8. The van der Waals surface area contributed by atoms with E-state index in [4.69, 9.17) is 5.26 Å². The minimum Gasteiger partial charge on any atom is -0.337 e. The van der Waals surface area contributed by atoms with Crippen LogP contribution in [-0.4, -0.2) is 17.4 Å². The molecular weight excluding hydrogens is 208 g/mol. The number of likely N-dealkylation sites (tertiary alicyclic amines) is 1. The van der Waals surface area contributed by atoms with Crippen LogP contribution in [0.5, 0.6) is 0 Å². The minimum atomic E-state index is 0.167. The van der Waals surface area contributed by atoms with Gasteiger partial charge in [0, 0.05) is 17.3 Å². The van der Waals surface area contributed by atoms with Gasteiger partial charge in [-0.1, -0.05) is 6.92 Å². The van der Waals surface area contributed by atoms with Gasteiger partial charge in [0.1, 0.15) is 10.9 Å². The number of hydrogen-bond donors (Lipinski definition) is 0. The van der Waals surface area contributed by atoms with Crippen molar-refractivity contribution in [3.05, 3.63) is 21.9 Å². The molecular formula is C11H12N2OS. The Hall–Kier alpha value is -1.34. The maximum absolute atomic E-state index is 11.7. The highest BCUT2D eigenvalue weighted by atomic mass is 32.1. The van der Waals surface area contributed by atoms with E-state index in [2.05, 4.69) is 6.07 Å². The summed E-state index contributed by atoms with van der Waals surface area (Å²) < 4.78 is 0. The van der Waals surface area contributed by atoms with Crippen LogP contribution in [0.25, 0.3) is 0 Å². The van der Waals surface area contributed by atoms with Gasteiger partial charge in [0.2, 0.25) is 5.91 Å². The van der Waals surface area contributed by atoms with Gasteiger partial charge in [0.05, 0.1) is 6.54 Å². The first-order chi connectivity index (χ1) is 7.20. The molecule has 2 heterocycles. The molecule has 2 rings (SSSR count). The van der Waals surface area contributed by atoms with E-state index >= 15 is 0 Å². The van der Waals surface area contributed by atoms with Crippen LogP contribution in [0.4, 0.5) is 0 Å². The van der Waals surface area contributed by atoms with Crippen molar-refractivity contribution in [1.82, 2.24) is 4.90 Å². The van der Waals surface area contributed by atoms with Crippen molar-refractivity contribution in [2.75, 3.05) is 6.54 Å². The molecule has 0 N–H and O–H groups in total. The highest BCUT2D eigenvalue weighted by Gasteiger charge is 2.27. The topological polar surface area (TPSA) is 44.1 Å². The third-order valence-electron chi connectivity index (χ3n) is 2.68. The van der Waals surface area contributed by atoms with Gasteiger partial charge in [-0.25, -0.2) is 0 Å². The highest BCUT2D eigenvalue weighted by molar-refractivity contribution is 7.12. The van der Waals surface area contributed by atoms with E-state index < -0.39 is 0 Å². The third kappa shape index (κ3) is 2.02. The summed E-state index contributed by atoms with van der Waals surface area (Å²) in [4.78, 5) is 15.3. The van der Waals surface area contributed by atoms with Crippen LogP contribution >= 0.6 is 11.3 Å². The SMILES string of the molecule is C[C@H]1CCN(Cc2ccc(C#N)s2)C1=O. The summed E-state index contributed by atoms with van der Waals surface area (Å²) in [5, 5.41) is 8.69. The van der Waals surface area contributed by atoms with Crippen molar-refractivity contribution in [3.8, 4) is 6.07 Å². The van der Waals surface area contributed by atoms with Crippen molar-refractivity contribution in [2.24, 2.45) is 5.92 Å². The largest absolute Gasteiger partial charge is 0.337 e. The van der Waals surface area contributed by atoms with Gasteiger partial charge >= 0.3 is 0 Å². The average Bonchev–Trinajstić information content (AvgIpc) is 2.80. The van der Waals surface area contributed by atoms with Crippen LogP contribution in [0, 0.1) is 17.2 Å². The molecule has 1 amide bonds. The summed E-state index contributed by atoms with van der Waals surface area (Å²) in [5.41, 5.74) is 0. The molecule has 1 aliphatic heterocycles. The lowest BCUT2D eigenvalue weighted by atomic mass is 10.1. The fourth-order valence-corrected chi connectivity index (χ4v) is 2.58. The van der Waals surface area contributed by atoms with Crippen molar-refractivity contribution < 1.29 is 4.79 Å². The molecule has 0 bridgehead atoms. The van der Waals surface area contributed by atoms with Gasteiger partial charge in [-0.2, -0.15) is 5.26 Å². The minimum absolute atomic E-state index is 0.167. The van der Waals surface area contributed by atoms with E-state index in [1.807, 2.05) is 24.0 Å².